The van der Waals surface area contributed by atoms with Crippen LogP contribution in [-0.2, 0) is 19.5 Å². The summed E-state index contributed by atoms with van der Waals surface area (Å²) in [4.78, 5) is 17.3. The summed E-state index contributed by atoms with van der Waals surface area (Å²) in [6.07, 6.45) is 5.38. The van der Waals surface area contributed by atoms with E-state index in [4.69, 9.17) is 0 Å². The van der Waals surface area contributed by atoms with Crippen LogP contribution >= 0.6 is 0 Å². The zero-order chi connectivity index (χ0) is 17.7. The molecule has 0 saturated heterocycles. The molecule has 0 bridgehead atoms. The van der Waals surface area contributed by atoms with Crippen LogP contribution in [0, 0.1) is 6.92 Å². The van der Waals surface area contributed by atoms with E-state index in [-0.39, 0.29) is 5.56 Å². The summed E-state index contributed by atoms with van der Waals surface area (Å²) < 4.78 is 5.33. The topological polar surface area (TPSA) is 70.5 Å². The molecule has 3 aromatic heterocycles. The van der Waals surface area contributed by atoms with E-state index in [0.29, 0.717) is 17.6 Å². The number of hydrogen-bond donors (Lipinski definition) is 0. The van der Waals surface area contributed by atoms with Crippen LogP contribution in [0.2, 0.25) is 0 Å². The molecule has 1 aliphatic rings. The van der Waals surface area contributed by atoms with Gasteiger partial charge in [-0.05, 0) is 38.0 Å². The minimum atomic E-state index is -0.0958. The van der Waals surface area contributed by atoms with E-state index < -0.39 is 0 Å². The zero-order valence-corrected chi connectivity index (χ0v) is 14.5. The average molecular weight is 346 g/mol. The van der Waals surface area contributed by atoms with E-state index in [2.05, 4.69) is 21.2 Å². The van der Waals surface area contributed by atoms with Gasteiger partial charge in [0.15, 0.2) is 5.65 Å². The van der Waals surface area contributed by atoms with Gasteiger partial charge in [0.1, 0.15) is 11.7 Å². The molecule has 1 aliphatic heterocycles. The maximum absolute atomic E-state index is 12.8. The van der Waals surface area contributed by atoms with Crippen molar-refractivity contribution >= 4 is 11.0 Å². The Morgan fingerprint density at radius 1 is 1.19 bits per heavy atom. The van der Waals surface area contributed by atoms with E-state index in [1.54, 1.807) is 21.8 Å². The van der Waals surface area contributed by atoms with Crippen LogP contribution in [0.15, 0.2) is 47.7 Å². The van der Waals surface area contributed by atoms with E-state index in [1.807, 2.05) is 35.9 Å². The minimum Gasteiger partial charge on any atom is -0.292 e. The van der Waals surface area contributed by atoms with Gasteiger partial charge in [-0.3, -0.25) is 14.0 Å². The van der Waals surface area contributed by atoms with Crippen molar-refractivity contribution in [2.75, 3.05) is 0 Å². The Bertz CT molecular complexity index is 1140. The van der Waals surface area contributed by atoms with Crippen molar-refractivity contribution in [1.29, 1.82) is 0 Å². The van der Waals surface area contributed by atoms with Crippen LogP contribution in [-0.4, -0.2) is 29.1 Å². The quantitative estimate of drug-likeness (QED) is 0.569. The van der Waals surface area contributed by atoms with Crippen molar-refractivity contribution < 1.29 is 0 Å². The lowest BCUT2D eigenvalue weighted by Crippen LogP contribution is -2.21. The van der Waals surface area contributed by atoms with E-state index in [1.165, 1.54) is 11.3 Å². The molecule has 0 N–H and O–H groups in total. The smallest absolute Gasteiger partial charge is 0.264 e. The number of hydrogen-bond acceptors (Lipinski definition) is 4. The second-order valence-corrected chi connectivity index (χ2v) is 6.76. The van der Waals surface area contributed by atoms with Crippen LogP contribution in [0.3, 0.4) is 0 Å². The number of aryl methyl sites for hydroxylation is 3. The first kappa shape index (κ1) is 15.1. The Hall–Kier alpha value is -3.22. The highest BCUT2D eigenvalue weighted by Crippen LogP contribution is 2.17. The van der Waals surface area contributed by atoms with Gasteiger partial charge < -0.3 is 0 Å². The lowest BCUT2D eigenvalue weighted by molar-refractivity contribution is 0.627. The molecule has 0 atom stereocenters. The summed E-state index contributed by atoms with van der Waals surface area (Å²) in [6, 6.07) is 10.1. The fourth-order valence-electron chi connectivity index (χ4n) is 3.51. The van der Waals surface area contributed by atoms with Crippen molar-refractivity contribution in [3.63, 3.8) is 0 Å². The summed E-state index contributed by atoms with van der Waals surface area (Å²) in [7, 11) is 0. The molecule has 5 rings (SSSR count). The lowest BCUT2D eigenvalue weighted by Gasteiger charge is -2.05. The zero-order valence-electron chi connectivity index (χ0n) is 14.5. The van der Waals surface area contributed by atoms with Crippen molar-refractivity contribution in [2.24, 2.45) is 0 Å². The van der Waals surface area contributed by atoms with E-state index in [9.17, 15) is 4.79 Å². The highest BCUT2D eigenvalue weighted by molar-refractivity contribution is 5.74. The summed E-state index contributed by atoms with van der Waals surface area (Å²) in [5, 5.41) is 9.46. The van der Waals surface area contributed by atoms with Crippen molar-refractivity contribution in [2.45, 2.75) is 32.9 Å². The van der Waals surface area contributed by atoms with Crippen LogP contribution in [0.4, 0.5) is 0 Å². The Morgan fingerprint density at radius 3 is 2.85 bits per heavy atom. The molecule has 0 unspecified atom stereocenters. The van der Waals surface area contributed by atoms with Crippen molar-refractivity contribution in [3.8, 4) is 5.69 Å². The molecule has 0 amide bonds. The van der Waals surface area contributed by atoms with E-state index in [0.717, 1.165) is 30.8 Å². The molecule has 4 aromatic rings. The van der Waals surface area contributed by atoms with Gasteiger partial charge in [0.05, 0.1) is 24.1 Å². The molecule has 0 aliphatic carbocycles. The first-order valence-corrected chi connectivity index (χ1v) is 8.75. The Kier molecular flexibility index (Phi) is 3.28. The lowest BCUT2D eigenvalue weighted by atomic mass is 10.2. The van der Waals surface area contributed by atoms with Crippen LogP contribution < -0.4 is 5.56 Å². The third-order valence-electron chi connectivity index (χ3n) is 4.88. The first-order chi connectivity index (χ1) is 12.7. The van der Waals surface area contributed by atoms with Gasteiger partial charge in [-0.2, -0.15) is 10.2 Å². The van der Waals surface area contributed by atoms with Gasteiger partial charge >= 0.3 is 0 Å². The van der Waals surface area contributed by atoms with Gasteiger partial charge in [0.25, 0.3) is 5.56 Å². The molecule has 0 radical (unpaired) electrons. The van der Waals surface area contributed by atoms with Gasteiger partial charge in [0.2, 0.25) is 0 Å². The number of rotatable bonds is 3. The molecule has 130 valence electrons. The van der Waals surface area contributed by atoms with Crippen LogP contribution in [0.1, 0.15) is 23.4 Å². The molecule has 4 heterocycles. The second-order valence-electron chi connectivity index (χ2n) is 6.76. The second kappa shape index (κ2) is 5.66. The predicted molar refractivity (Wildman–Crippen MR) is 97.5 cm³/mol. The monoisotopic (exact) mass is 346 g/mol. The molecule has 0 saturated carbocycles. The average Bonchev–Trinajstić information content (AvgIpc) is 3.32. The minimum absolute atomic E-state index is 0.0958. The van der Waals surface area contributed by atoms with Crippen LogP contribution in [0.25, 0.3) is 16.7 Å². The molecule has 0 fully saturated rings. The van der Waals surface area contributed by atoms with Gasteiger partial charge in [-0.1, -0.05) is 17.7 Å². The maximum atomic E-state index is 12.8. The molecular weight excluding hydrogens is 328 g/mol. The Balaban J connectivity index is 1.53. The largest absolute Gasteiger partial charge is 0.292 e. The number of nitrogens with zero attached hydrogens (tertiary/aromatic N) is 6. The first-order valence-electron chi connectivity index (χ1n) is 8.75. The van der Waals surface area contributed by atoms with Crippen molar-refractivity contribution in [1.82, 2.24) is 29.1 Å². The van der Waals surface area contributed by atoms with E-state index >= 15 is 0 Å². The third-order valence-corrected chi connectivity index (χ3v) is 4.88. The molecule has 1 aromatic carbocycles. The standard InChI is InChI=1S/C19H18N6O/c1-13-4-6-15(7-5-13)25-18-17(10-21-25)19(26)23(12-20-18)11-14-9-16-3-2-8-24(16)22-14/h4-7,9-10,12H,2-3,8,11H2,1H3. The van der Waals surface area contributed by atoms with Crippen LogP contribution in [0.5, 0.6) is 0 Å². The maximum Gasteiger partial charge on any atom is 0.264 e. The Labute approximate surface area is 149 Å². The fourth-order valence-corrected chi connectivity index (χ4v) is 3.51. The molecule has 7 nitrogen and oxygen atoms in total. The Morgan fingerprint density at radius 2 is 2.04 bits per heavy atom. The fraction of sp³-hybridized carbons (Fsp3) is 0.263. The normalized spacial score (nSPS) is 13.4. The summed E-state index contributed by atoms with van der Waals surface area (Å²) in [5.74, 6) is 0. The SMILES string of the molecule is Cc1ccc(-n2ncc3c(=O)n(Cc4cc5n(n4)CCC5)cnc32)cc1. The molecule has 26 heavy (non-hydrogen) atoms. The summed E-state index contributed by atoms with van der Waals surface area (Å²) in [5.41, 5.74) is 4.68. The van der Waals surface area contributed by atoms with Gasteiger partial charge in [0, 0.05) is 12.2 Å². The van der Waals surface area contributed by atoms with Gasteiger partial charge in [-0.25, -0.2) is 9.67 Å². The number of benzene rings is 1. The molecule has 0 spiro atoms. The highest BCUT2D eigenvalue weighted by atomic mass is 16.1. The number of fused-ring (bicyclic) bond motifs is 2. The summed E-state index contributed by atoms with van der Waals surface area (Å²) in [6.45, 7) is 3.43. The molecular formula is C19H18N6O. The summed E-state index contributed by atoms with van der Waals surface area (Å²) >= 11 is 0. The third kappa shape index (κ3) is 2.35. The van der Waals surface area contributed by atoms with Crippen molar-refractivity contribution in [3.05, 3.63) is 70.2 Å². The van der Waals surface area contributed by atoms with Gasteiger partial charge in [-0.15, -0.1) is 0 Å². The molecule has 7 heteroatoms. The highest BCUT2D eigenvalue weighted by Gasteiger charge is 2.16. The predicted octanol–water partition coefficient (Wildman–Crippen LogP) is 2.08. The number of aromatic nitrogens is 6.